The Balaban J connectivity index is 1.69. The molecule has 0 saturated carbocycles. The van der Waals surface area contributed by atoms with Crippen molar-refractivity contribution in [2.24, 2.45) is 0 Å². The topological polar surface area (TPSA) is 42.0 Å². The summed E-state index contributed by atoms with van der Waals surface area (Å²) in [4.78, 5) is 16.5. The van der Waals surface area contributed by atoms with Crippen LogP contribution in [0, 0.1) is 5.82 Å². The van der Waals surface area contributed by atoms with Crippen molar-refractivity contribution in [3.8, 4) is 11.5 Å². The predicted octanol–water partition coefficient (Wildman–Crippen LogP) is 3.64. The van der Waals surface area contributed by atoms with E-state index in [1.54, 1.807) is 44.4 Å². The van der Waals surface area contributed by atoms with E-state index in [2.05, 4.69) is 4.90 Å². The van der Waals surface area contributed by atoms with Crippen LogP contribution in [0.25, 0.3) is 0 Å². The van der Waals surface area contributed by atoms with E-state index in [1.807, 2.05) is 18.2 Å². The smallest absolute Gasteiger partial charge is 0.236 e. The van der Waals surface area contributed by atoms with Gasteiger partial charge >= 0.3 is 0 Å². The second-order valence-corrected chi connectivity index (χ2v) is 7.08. The summed E-state index contributed by atoms with van der Waals surface area (Å²) >= 11 is 0. The van der Waals surface area contributed by atoms with E-state index in [-0.39, 0.29) is 24.3 Å². The highest BCUT2D eigenvalue weighted by Gasteiger charge is 2.30. The minimum atomic E-state index is -0.288. The lowest BCUT2D eigenvalue weighted by atomic mass is 10.0. The van der Waals surface area contributed by atoms with E-state index < -0.39 is 0 Å². The molecule has 0 bridgehead atoms. The SMILES string of the molecule is COc1ccc([C@H]2CCCN2CC(=O)N(C)Cc2ccccc2F)c(OC)c1. The summed E-state index contributed by atoms with van der Waals surface area (Å²) < 4.78 is 24.7. The van der Waals surface area contributed by atoms with Crippen LogP contribution in [0.3, 0.4) is 0 Å². The van der Waals surface area contributed by atoms with Gasteiger partial charge in [-0.1, -0.05) is 24.3 Å². The van der Waals surface area contributed by atoms with Crippen LogP contribution in [-0.2, 0) is 11.3 Å². The average molecular weight is 386 g/mol. The van der Waals surface area contributed by atoms with Crippen LogP contribution in [0.1, 0.15) is 30.0 Å². The Kier molecular flexibility index (Phi) is 6.52. The molecule has 0 radical (unpaired) electrons. The Labute approximate surface area is 165 Å². The van der Waals surface area contributed by atoms with Gasteiger partial charge in [-0.25, -0.2) is 4.39 Å². The van der Waals surface area contributed by atoms with E-state index in [4.69, 9.17) is 9.47 Å². The maximum Gasteiger partial charge on any atom is 0.236 e. The summed E-state index contributed by atoms with van der Waals surface area (Å²) in [5, 5.41) is 0. The van der Waals surface area contributed by atoms with E-state index in [0.29, 0.717) is 12.1 Å². The molecule has 0 N–H and O–H groups in total. The summed E-state index contributed by atoms with van der Waals surface area (Å²) in [6.45, 7) is 1.40. The normalized spacial score (nSPS) is 16.8. The van der Waals surface area contributed by atoms with Gasteiger partial charge in [0.25, 0.3) is 0 Å². The van der Waals surface area contributed by atoms with Gasteiger partial charge in [-0.05, 0) is 31.5 Å². The van der Waals surface area contributed by atoms with Crippen LogP contribution in [-0.4, -0.2) is 50.1 Å². The first-order valence-corrected chi connectivity index (χ1v) is 9.46. The summed E-state index contributed by atoms with van der Waals surface area (Å²) in [5.41, 5.74) is 1.58. The molecule has 1 heterocycles. The zero-order chi connectivity index (χ0) is 20.1. The second-order valence-electron chi connectivity index (χ2n) is 7.08. The summed E-state index contributed by atoms with van der Waals surface area (Å²) in [5.74, 6) is 1.20. The number of ether oxygens (including phenoxy) is 2. The molecule has 1 atom stereocenters. The fourth-order valence-electron chi connectivity index (χ4n) is 3.73. The highest BCUT2D eigenvalue weighted by Crippen LogP contribution is 2.38. The quantitative estimate of drug-likeness (QED) is 0.729. The molecular formula is C22H27FN2O3. The molecule has 2 aromatic carbocycles. The van der Waals surface area contributed by atoms with E-state index in [9.17, 15) is 9.18 Å². The van der Waals surface area contributed by atoms with E-state index >= 15 is 0 Å². The van der Waals surface area contributed by atoms with Crippen molar-refractivity contribution in [2.45, 2.75) is 25.4 Å². The van der Waals surface area contributed by atoms with Crippen molar-refractivity contribution in [3.63, 3.8) is 0 Å². The fourth-order valence-corrected chi connectivity index (χ4v) is 3.73. The number of likely N-dealkylation sites (N-methyl/N-ethyl adjacent to an activating group) is 1. The van der Waals surface area contributed by atoms with Gasteiger partial charge in [0.1, 0.15) is 17.3 Å². The zero-order valence-electron chi connectivity index (χ0n) is 16.7. The van der Waals surface area contributed by atoms with Crippen molar-refractivity contribution in [1.29, 1.82) is 0 Å². The summed E-state index contributed by atoms with van der Waals surface area (Å²) in [7, 11) is 4.99. The molecular weight excluding hydrogens is 359 g/mol. The molecule has 2 aromatic rings. The number of benzene rings is 2. The van der Waals surface area contributed by atoms with Gasteiger partial charge in [-0.15, -0.1) is 0 Å². The molecule has 1 fully saturated rings. The third kappa shape index (κ3) is 4.44. The molecule has 3 rings (SSSR count). The van der Waals surface area contributed by atoms with Crippen LogP contribution in [0.2, 0.25) is 0 Å². The molecule has 0 aliphatic carbocycles. The Morgan fingerprint density at radius 1 is 1.21 bits per heavy atom. The number of likely N-dealkylation sites (tertiary alicyclic amines) is 1. The number of amides is 1. The number of nitrogens with zero attached hydrogens (tertiary/aromatic N) is 2. The Morgan fingerprint density at radius 2 is 2.00 bits per heavy atom. The highest BCUT2D eigenvalue weighted by atomic mass is 19.1. The van der Waals surface area contributed by atoms with Crippen LogP contribution in [0.15, 0.2) is 42.5 Å². The number of carbonyl (C=O) groups is 1. The second kappa shape index (κ2) is 9.06. The lowest BCUT2D eigenvalue weighted by Gasteiger charge is -2.28. The monoisotopic (exact) mass is 386 g/mol. The number of hydrogen-bond donors (Lipinski definition) is 0. The maximum absolute atomic E-state index is 13.9. The third-order valence-corrected chi connectivity index (χ3v) is 5.29. The highest BCUT2D eigenvalue weighted by molar-refractivity contribution is 5.78. The molecule has 0 aromatic heterocycles. The Morgan fingerprint density at radius 3 is 2.71 bits per heavy atom. The minimum Gasteiger partial charge on any atom is -0.497 e. The molecule has 1 saturated heterocycles. The average Bonchev–Trinajstić information content (AvgIpc) is 3.16. The lowest BCUT2D eigenvalue weighted by molar-refractivity contribution is -0.131. The van der Waals surface area contributed by atoms with Crippen molar-refractivity contribution in [3.05, 3.63) is 59.4 Å². The summed E-state index contributed by atoms with van der Waals surface area (Å²) in [6, 6.07) is 12.5. The van der Waals surface area contributed by atoms with Gasteiger partial charge in [0, 0.05) is 36.8 Å². The van der Waals surface area contributed by atoms with Crippen LogP contribution < -0.4 is 9.47 Å². The van der Waals surface area contributed by atoms with Gasteiger partial charge in [0.05, 0.1) is 20.8 Å². The van der Waals surface area contributed by atoms with E-state index in [1.165, 1.54) is 6.07 Å². The first-order chi connectivity index (χ1) is 13.5. The van der Waals surface area contributed by atoms with Gasteiger partial charge in [-0.2, -0.15) is 0 Å². The molecule has 0 spiro atoms. The van der Waals surface area contributed by atoms with Crippen molar-refractivity contribution < 1.29 is 18.7 Å². The van der Waals surface area contributed by atoms with Gasteiger partial charge in [0.2, 0.25) is 5.91 Å². The number of rotatable bonds is 7. The fraction of sp³-hybridized carbons (Fsp3) is 0.409. The molecule has 0 unspecified atom stereocenters. The van der Waals surface area contributed by atoms with Gasteiger partial charge < -0.3 is 14.4 Å². The summed E-state index contributed by atoms with van der Waals surface area (Å²) in [6.07, 6.45) is 1.98. The van der Waals surface area contributed by atoms with Crippen LogP contribution >= 0.6 is 0 Å². The number of carbonyl (C=O) groups excluding carboxylic acids is 1. The van der Waals surface area contributed by atoms with Crippen LogP contribution in [0.4, 0.5) is 4.39 Å². The molecule has 1 aliphatic heterocycles. The standard InChI is InChI=1S/C22H27FN2O3/c1-24(14-16-7-4-5-8-19(16)23)22(26)15-25-12-6-9-20(25)18-11-10-17(27-2)13-21(18)28-3/h4-5,7-8,10-11,13,20H,6,9,12,14-15H2,1-3H3/t20-/m1/s1. The number of halogens is 1. The first-order valence-electron chi connectivity index (χ1n) is 9.46. The lowest BCUT2D eigenvalue weighted by Crippen LogP contribution is -2.38. The largest absolute Gasteiger partial charge is 0.497 e. The molecule has 1 aliphatic rings. The van der Waals surface area contributed by atoms with Crippen LogP contribution in [0.5, 0.6) is 11.5 Å². The third-order valence-electron chi connectivity index (χ3n) is 5.29. The van der Waals surface area contributed by atoms with Gasteiger partial charge in [-0.3, -0.25) is 9.69 Å². The molecule has 5 nitrogen and oxygen atoms in total. The van der Waals surface area contributed by atoms with Crippen molar-refractivity contribution in [1.82, 2.24) is 9.80 Å². The van der Waals surface area contributed by atoms with Gasteiger partial charge in [0.15, 0.2) is 0 Å². The minimum absolute atomic E-state index is 0.0253. The Bertz CT molecular complexity index is 827. The number of hydrogen-bond acceptors (Lipinski definition) is 4. The van der Waals surface area contributed by atoms with Crippen molar-refractivity contribution in [2.75, 3.05) is 34.4 Å². The van der Waals surface area contributed by atoms with Crippen molar-refractivity contribution >= 4 is 5.91 Å². The molecule has 1 amide bonds. The zero-order valence-corrected chi connectivity index (χ0v) is 16.7. The maximum atomic E-state index is 13.9. The molecule has 6 heteroatoms. The number of methoxy groups -OCH3 is 2. The first kappa shape index (κ1) is 20.1. The molecule has 150 valence electrons. The predicted molar refractivity (Wildman–Crippen MR) is 106 cm³/mol. The van der Waals surface area contributed by atoms with E-state index in [0.717, 1.165) is 36.4 Å². The Hall–Kier alpha value is -2.60. The molecule has 28 heavy (non-hydrogen) atoms.